The minimum Gasteiger partial charge on any atom is -0.360 e. The van der Waals surface area contributed by atoms with Gasteiger partial charge in [-0.2, -0.15) is 0 Å². The van der Waals surface area contributed by atoms with Crippen LogP contribution in [-0.4, -0.2) is 11.2 Å². The summed E-state index contributed by atoms with van der Waals surface area (Å²) in [7, 11) is 0. The Hall–Kier alpha value is -1.16. The number of halogens is 1. The van der Waals surface area contributed by atoms with Crippen molar-refractivity contribution in [3.05, 3.63) is 35.6 Å². The van der Waals surface area contributed by atoms with E-state index < -0.39 is 0 Å². The van der Waals surface area contributed by atoms with Crippen LogP contribution in [0.2, 0.25) is 0 Å². The van der Waals surface area contributed by atoms with Gasteiger partial charge in [0.25, 0.3) is 0 Å². The van der Waals surface area contributed by atoms with E-state index in [1.54, 1.807) is 12.1 Å². The van der Waals surface area contributed by atoms with Crippen molar-refractivity contribution in [3.63, 3.8) is 0 Å². The molecule has 0 amide bonds. The summed E-state index contributed by atoms with van der Waals surface area (Å²) in [5.41, 5.74) is 0.652. The molecule has 0 unspecified atom stereocenters. The summed E-state index contributed by atoms with van der Waals surface area (Å²) < 4.78 is 13.5. The SMILES string of the molecule is Fc1ccccc1CNC(=S)N[C@@H]1C[C@@H]2CC[C@@H]1C2. The highest BCUT2D eigenvalue weighted by molar-refractivity contribution is 7.80. The smallest absolute Gasteiger partial charge is 0.166 e. The monoisotopic (exact) mass is 278 g/mol. The topological polar surface area (TPSA) is 24.1 Å². The lowest BCUT2D eigenvalue weighted by atomic mass is 9.96. The first-order valence-corrected chi connectivity index (χ1v) is 7.41. The molecule has 0 aromatic heterocycles. The first-order valence-electron chi connectivity index (χ1n) is 7.00. The van der Waals surface area contributed by atoms with E-state index in [-0.39, 0.29) is 5.82 Å². The lowest BCUT2D eigenvalue weighted by Crippen LogP contribution is -2.44. The molecule has 2 fully saturated rings. The average Bonchev–Trinajstić information content (AvgIpc) is 3.00. The molecule has 3 rings (SSSR count). The number of benzene rings is 1. The molecule has 19 heavy (non-hydrogen) atoms. The van der Waals surface area contributed by atoms with Crippen molar-refractivity contribution in [1.82, 2.24) is 10.6 Å². The van der Waals surface area contributed by atoms with E-state index in [4.69, 9.17) is 12.2 Å². The van der Waals surface area contributed by atoms with Crippen molar-refractivity contribution in [2.75, 3.05) is 0 Å². The van der Waals surface area contributed by atoms with Crippen molar-refractivity contribution in [1.29, 1.82) is 0 Å². The second kappa shape index (κ2) is 5.45. The third kappa shape index (κ3) is 2.89. The fourth-order valence-electron chi connectivity index (χ4n) is 3.46. The summed E-state index contributed by atoms with van der Waals surface area (Å²) in [5, 5.41) is 7.16. The first kappa shape index (κ1) is 12.9. The van der Waals surface area contributed by atoms with E-state index in [0.717, 1.165) is 11.8 Å². The molecule has 2 aliphatic carbocycles. The largest absolute Gasteiger partial charge is 0.360 e. The lowest BCUT2D eigenvalue weighted by molar-refractivity contribution is 0.389. The van der Waals surface area contributed by atoms with Gasteiger partial charge in [0, 0.05) is 18.2 Å². The molecule has 4 heteroatoms. The summed E-state index contributed by atoms with van der Waals surface area (Å²) in [6.07, 6.45) is 5.32. The Bertz CT molecular complexity index is 477. The van der Waals surface area contributed by atoms with Crippen molar-refractivity contribution in [2.45, 2.75) is 38.3 Å². The zero-order valence-corrected chi connectivity index (χ0v) is 11.7. The Morgan fingerprint density at radius 1 is 1.26 bits per heavy atom. The van der Waals surface area contributed by atoms with Crippen LogP contribution >= 0.6 is 12.2 Å². The molecule has 2 bridgehead atoms. The van der Waals surface area contributed by atoms with Crippen LogP contribution in [0.25, 0.3) is 0 Å². The molecule has 0 aliphatic heterocycles. The molecule has 1 aromatic carbocycles. The molecule has 2 nitrogen and oxygen atoms in total. The van der Waals surface area contributed by atoms with Crippen LogP contribution in [0.5, 0.6) is 0 Å². The Labute approximate surface area is 118 Å². The van der Waals surface area contributed by atoms with Crippen molar-refractivity contribution in [3.8, 4) is 0 Å². The quantitative estimate of drug-likeness (QED) is 0.831. The molecule has 0 radical (unpaired) electrons. The summed E-state index contributed by atoms with van der Waals surface area (Å²) in [6, 6.07) is 7.32. The summed E-state index contributed by atoms with van der Waals surface area (Å²) in [5.74, 6) is 1.51. The zero-order valence-electron chi connectivity index (χ0n) is 10.9. The number of hydrogen-bond acceptors (Lipinski definition) is 1. The van der Waals surface area contributed by atoms with Crippen LogP contribution in [-0.2, 0) is 6.54 Å². The Kier molecular flexibility index (Phi) is 3.69. The van der Waals surface area contributed by atoms with Crippen molar-refractivity contribution >= 4 is 17.3 Å². The predicted octanol–water partition coefficient (Wildman–Crippen LogP) is 2.98. The van der Waals surface area contributed by atoms with Gasteiger partial charge in [0.2, 0.25) is 0 Å². The predicted molar refractivity (Wildman–Crippen MR) is 78.2 cm³/mol. The minimum absolute atomic E-state index is 0.183. The Morgan fingerprint density at radius 2 is 2.11 bits per heavy atom. The Balaban J connectivity index is 1.48. The van der Waals surface area contributed by atoms with Crippen LogP contribution < -0.4 is 10.6 Å². The van der Waals surface area contributed by atoms with Crippen LogP contribution in [0.4, 0.5) is 4.39 Å². The van der Waals surface area contributed by atoms with Gasteiger partial charge in [-0.05, 0) is 49.4 Å². The number of hydrogen-bond donors (Lipinski definition) is 2. The van der Waals surface area contributed by atoms with Gasteiger partial charge < -0.3 is 10.6 Å². The van der Waals surface area contributed by atoms with Gasteiger partial charge >= 0.3 is 0 Å². The number of thiocarbonyl (C=S) groups is 1. The number of nitrogens with one attached hydrogen (secondary N) is 2. The summed E-state index contributed by atoms with van der Waals surface area (Å²) >= 11 is 5.30. The second-order valence-corrected chi connectivity index (χ2v) is 6.11. The van der Waals surface area contributed by atoms with E-state index in [1.807, 2.05) is 6.07 Å². The van der Waals surface area contributed by atoms with E-state index in [9.17, 15) is 4.39 Å². The number of rotatable bonds is 3. The van der Waals surface area contributed by atoms with Crippen LogP contribution in [0.1, 0.15) is 31.2 Å². The zero-order chi connectivity index (χ0) is 13.2. The van der Waals surface area contributed by atoms with Crippen molar-refractivity contribution in [2.24, 2.45) is 11.8 Å². The molecule has 0 saturated heterocycles. The third-order valence-corrected chi connectivity index (χ3v) is 4.71. The van der Waals surface area contributed by atoms with E-state index in [1.165, 1.54) is 31.7 Å². The van der Waals surface area contributed by atoms with Gasteiger partial charge in [0.1, 0.15) is 5.82 Å². The molecule has 2 aliphatic rings. The Morgan fingerprint density at radius 3 is 2.79 bits per heavy atom. The molecular weight excluding hydrogens is 259 g/mol. The molecule has 0 heterocycles. The molecular formula is C15H19FN2S. The standard InChI is InChI=1S/C15H19FN2S/c16-13-4-2-1-3-12(13)9-17-15(19)18-14-8-10-5-6-11(14)7-10/h1-4,10-11,14H,5-9H2,(H2,17,18,19)/t10-,11-,14-/m1/s1. The average molecular weight is 278 g/mol. The summed E-state index contributed by atoms with van der Waals surface area (Å²) in [6.45, 7) is 0.444. The fraction of sp³-hybridized carbons (Fsp3) is 0.533. The molecule has 102 valence electrons. The highest BCUT2D eigenvalue weighted by atomic mass is 32.1. The van der Waals surface area contributed by atoms with Crippen LogP contribution in [0.15, 0.2) is 24.3 Å². The maximum atomic E-state index is 13.5. The van der Waals surface area contributed by atoms with Gasteiger partial charge in [0.15, 0.2) is 5.11 Å². The van der Waals surface area contributed by atoms with Gasteiger partial charge in [-0.15, -0.1) is 0 Å². The third-order valence-electron chi connectivity index (χ3n) is 4.45. The summed E-state index contributed by atoms with van der Waals surface area (Å²) in [4.78, 5) is 0. The van der Waals surface area contributed by atoms with Crippen LogP contribution in [0, 0.1) is 17.7 Å². The van der Waals surface area contributed by atoms with E-state index in [2.05, 4.69) is 10.6 Å². The molecule has 3 atom stereocenters. The maximum Gasteiger partial charge on any atom is 0.166 e. The maximum absolute atomic E-state index is 13.5. The second-order valence-electron chi connectivity index (χ2n) is 5.70. The minimum atomic E-state index is -0.183. The molecule has 1 aromatic rings. The van der Waals surface area contributed by atoms with Gasteiger partial charge in [0.05, 0.1) is 0 Å². The molecule has 2 N–H and O–H groups in total. The van der Waals surface area contributed by atoms with Gasteiger partial charge in [-0.1, -0.05) is 24.6 Å². The van der Waals surface area contributed by atoms with Gasteiger partial charge in [-0.25, -0.2) is 4.39 Å². The van der Waals surface area contributed by atoms with Crippen LogP contribution in [0.3, 0.4) is 0 Å². The lowest BCUT2D eigenvalue weighted by Gasteiger charge is -2.24. The van der Waals surface area contributed by atoms with Gasteiger partial charge in [-0.3, -0.25) is 0 Å². The highest BCUT2D eigenvalue weighted by Gasteiger charge is 2.39. The fourth-order valence-corrected chi connectivity index (χ4v) is 3.68. The number of fused-ring (bicyclic) bond motifs is 2. The molecule has 2 saturated carbocycles. The first-order chi connectivity index (χ1) is 9.22. The van der Waals surface area contributed by atoms with E-state index in [0.29, 0.717) is 23.3 Å². The normalized spacial score (nSPS) is 28.4. The van der Waals surface area contributed by atoms with Crippen molar-refractivity contribution < 1.29 is 4.39 Å². The van der Waals surface area contributed by atoms with E-state index >= 15 is 0 Å². The highest BCUT2D eigenvalue weighted by Crippen LogP contribution is 2.44. The molecule has 0 spiro atoms.